The topological polar surface area (TPSA) is 77.6 Å². The quantitative estimate of drug-likeness (QED) is 0.514. The molecule has 0 bridgehead atoms. The van der Waals surface area contributed by atoms with Crippen LogP contribution in [0.4, 0.5) is 24.5 Å². The summed E-state index contributed by atoms with van der Waals surface area (Å²) in [6, 6.07) is 16.6. The summed E-state index contributed by atoms with van der Waals surface area (Å²) in [7, 11) is 0. The lowest BCUT2D eigenvalue weighted by molar-refractivity contribution is -0.137. The van der Waals surface area contributed by atoms with E-state index in [9.17, 15) is 22.8 Å². The molecule has 0 saturated carbocycles. The number of carbonyl (C=O) groups excluding carboxylic acids is 2. The minimum atomic E-state index is -4.50. The highest BCUT2D eigenvalue weighted by Gasteiger charge is 2.30. The minimum absolute atomic E-state index is 0.0338. The van der Waals surface area contributed by atoms with Crippen LogP contribution in [0.2, 0.25) is 0 Å². The summed E-state index contributed by atoms with van der Waals surface area (Å²) in [5.74, 6) is -0.780. The van der Waals surface area contributed by atoms with Crippen LogP contribution >= 0.6 is 0 Å². The van der Waals surface area contributed by atoms with Gasteiger partial charge >= 0.3 is 6.18 Å². The Kier molecular flexibility index (Phi) is 7.97. The van der Waals surface area contributed by atoms with Crippen molar-refractivity contribution in [3.63, 3.8) is 0 Å². The summed E-state index contributed by atoms with van der Waals surface area (Å²) in [5, 5.41) is 5.26. The molecule has 0 atom stereocenters. The van der Waals surface area contributed by atoms with Gasteiger partial charge in [0.2, 0.25) is 5.91 Å². The normalized spacial score (nSPS) is 14.9. The molecule has 7 nitrogen and oxygen atoms in total. The van der Waals surface area contributed by atoms with Crippen LogP contribution in [0.5, 0.6) is 0 Å². The zero-order chi connectivity index (χ0) is 25.5. The molecule has 2 N–H and O–H groups in total. The first kappa shape index (κ1) is 25.3. The fraction of sp³-hybridized carbons (Fsp3) is 0.269. The molecule has 1 aromatic heterocycles. The molecule has 0 unspecified atom stereocenters. The monoisotopic (exact) mass is 497 g/mol. The van der Waals surface area contributed by atoms with Crippen molar-refractivity contribution in [2.75, 3.05) is 43.4 Å². The molecule has 2 aromatic carbocycles. The zero-order valence-electron chi connectivity index (χ0n) is 19.5. The van der Waals surface area contributed by atoms with Gasteiger partial charge in [0.15, 0.2) is 0 Å². The second-order valence-electron chi connectivity index (χ2n) is 8.54. The molecule has 1 aliphatic heterocycles. The first-order chi connectivity index (χ1) is 17.3. The molecule has 1 aliphatic rings. The smallest absolute Gasteiger partial charge is 0.325 e. The summed E-state index contributed by atoms with van der Waals surface area (Å²) in [6.45, 7) is 4.15. The number of halogens is 3. The Bertz CT molecular complexity index is 1200. The average Bonchev–Trinajstić information content (AvgIpc) is 2.86. The van der Waals surface area contributed by atoms with E-state index < -0.39 is 17.6 Å². The lowest BCUT2D eigenvalue weighted by Gasteiger charge is -2.34. The van der Waals surface area contributed by atoms with Crippen molar-refractivity contribution in [2.24, 2.45) is 0 Å². The molecular formula is C26H26F3N5O2. The third kappa shape index (κ3) is 7.12. The number of alkyl halides is 3. The van der Waals surface area contributed by atoms with E-state index in [4.69, 9.17) is 0 Å². The van der Waals surface area contributed by atoms with Crippen molar-refractivity contribution >= 4 is 23.2 Å². The number of aromatic nitrogens is 1. The molecule has 1 saturated heterocycles. The summed E-state index contributed by atoms with van der Waals surface area (Å²) >= 11 is 0. The van der Waals surface area contributed by atoms with Crippen molar-refractivity contribution in [1.29, 1.82) is 0 Å². The van der Waals surface area contributed by atoms with E-state index in [1.54, 1.807) is 18.3 Å². The van der Waals surface area contributed by atoms with Gasteiger partial charge < -0.3 is 10.6 Å². The van der Waals surface area contributed by atoms with Gasteiger partial charge in [-0.05, 0) is 48.5 Å². The van der Waals surface area contributed by atoms with Gasteiger partial charge in [-0.2, -0.15) is 13.2 Å². The Balaban J connectivity index is 1.27. The molecule has 36 heavy (non-hydrogen) atoms. The van der Waals surface area contributed by atoms with E-state index in [1.807, 2.05) is 18.2 Å². The predicted molar refractivity (Wildman–Crippen MR) is 130 cm³/mol. The van der Waals surface area contributed by atoms with Crippen LogP contribution in [-0.4, -0.2) is 59.3 Å². The van der Waals surface area contributed by atoms with Gasteiger partial charge in [-0.3, -0.25) is 24.4 Å². The molecule has 0 aliphatic carbocycles. The molecule has 4 rings (SSSR count). The first-order valence-corrected chi connectivity index (χ1v) is 11.5. The molecule has 0 radical (unpaired) electrons. The number of hydrogen-bond acceptors (Lipinski definition) is 5. The Labute approximate surface area is 206 Å². The summed E-state index contributed by atoms with van der Waals surface area (Å²) in [4.78, 5) is 33.9. The Morgan fingerprint density at radius 3 is 2.22 bits per heavy atom. The van der Waals surface area contributed by atoms with Crippen molar-refractivity contribution in [3.8, 4) is 0 Å². The van der Waals surface area contributed by atoms with Crippen molar-refractivity contribution in [1.82, 2.24) is 14.8 Å². The Morgan fingerprint density at radius 1 is 0.833 bits per heavy atom. The maximum absolute atomic E-state index is 12.9. The minimum Gasteiger partial charge on any atom is -0.325 e. The number of hydrogen-bond donors (Lipinski definition) is 2. The number of rotatable bonds is 7. The number of carbonyl (C=O) groups is 2. The number of anilines is 2. The Morgan fingerprint density at radius 2 is 1.53 bits per heavy atom. The number of nitrogens with zero attached hydrogens (tertiary/aromatic N) is 3. The highest BCUT2D eigenvalue weighted by Crippen LogP contribution is 2.30. The fourth-order valence-corrected chi connectivity index (χ4v) is 3.94. The van der Waals surface area contributed by atoms with Crippen LogP contribution in [0.15, 0.2) is 72.9 Å². The van der Waals surface area contributed by atoms with Gasteiger partial charge in [0.25, 0.3) is 5.91 Å². The average molecular weight is 498 g/mol. The van der Waals surface area contributed by atoms with Gasteiger partial charge in [-0.25, -0.2) is 0 Å². The number of amides is 2. The maximum atomic E-state index is 12.9. The van der Waals surface area contributed by atoms with Crippen LogP contribution in [0.25, 0.3) is 0 Å². The number of piperazine rings is 1. The fourth-order valence-electron chi connectivity index (χ4n) is 3.94. The molecule has 1 fully saturated rings. The van der Waals surface area contributed by atoms with Crippen LogP contribution in [-0.2, 0) is 17.5 Å². The molecule has 188 valence electrons. The molecule has 10 heteroatoms. The van der Waals surface area contributed by atoms with Crippen LogP contribution < -0.4 is 10.6 Å². The summed E-state index contributed by atoms with van der Waals surface area (Å²) < 4.78 is 38.8. The maximum Gasteiger partial charge on any atom is 0.416 e. The molecule has 2 amide bonds. The lowest BCUT2D eigenvalue weighted by atomic mass is 10.1. The third-order valence-corrected chi connectivity index (χ3v) is 5.80. The Hall–Kier alpha value is -3.76. The van der Waals surface area contributed by atoms with Crippen molar-refractivity contribution in [3.05, 3.63) is 89.7 Å². The van der Waals surface area contributed by atoms with Gasteiger partial charge in [0.05, 0.1) is 17.8 Å². The third-order valence-electron chi connectivity index (χ3n) is 5.80. The van der Waals surface area contributed by atoms with Gasteiger partial charge in [-0.1, -0.05) is 18.2 Å². The van der Waals surface area contributed by atoms with E-state index in [-0.39, 0.29) is 23.7 Å². The summed E-state index contributed by atoms with van der Waals surface area (Å²) in [5.41, 5.74) is 0.852. The number of pyridine rings is 1. The van der Waals surface area contributed by atoms with E-state index in [0.29, 0.717) is 5.69 Å². The zero-order valence-corrected chi connectivity index (χ0v) is 19.5. The highest BCUT2D eigenvalue weighted by molar-refractivity contribution is 6.05. The largest absolute Gasteiger partial charge is 0.416 e. The van der Waals surface area contributed by atoms with E-state index in [2.05, 4.69) is 25.4 Å². The van der Waals surface area contributed by atoms with Gasteiger partial charge in [0, 0.05) is 55.9 Å². The van der Waals surface area contributed by atoms with Crippen LogP contribution in [0.3, 0.4) is 0 Å². The molecule has 0 spiro atoms. The standard InChI is InChI=1S/C26H26F3N5O2/c27-26(28,29)20-6-4-9-22(16-20)32-25(36)19-5-3-8-21(15-19)31-24(35)18-34-13-11-33(12-14-34)17-23-7-1-2-10-30-23/h1-10,15-16H,11-14,17-18H2,(H,31,35)(H,32,36). The highest BCUT2D eigenvalue weighted by atomic mass is 19.4. The second kappa shape index (κ2) is 11.3. The van der Waals surface area contributed by atoms with Crippen LogP contribution in [0, 0.1) is 0 Å². The van der Waals surface area contributed by atoms with E-state index in [0.717, 1.165) is 50.6 Å². The van der Waals surface area contributed by atoms with E-state index >= 15 is 0 Å². The van der Waals surface area contributed by atoms with Crippen molar-refractivity contribution < 1.29 is 22.8 Å². The molecule has 2 heterocycles. The van der Waals surface area contributed by atoms with E-state index in [1.165, 1.54) is 24.3 Å². The second-order valence-corrected chi connectivity index (χ2v) is 8.54. The van der Waals surface area contributed by atoms with Crippen molar-refractivity contribution in [2.45, 2.75) is 12.7 Å². The van der Waals surface area contributed by atoms with Gasteiger partial charge in [0.1, 0.15) is 0 Å². The first-order valence-electron chi connectivity index (χ1n) is 11.5. The lowest BCUT2D eigenvalue weighted by Crippen LogP contribution is -2.48. The van der Waals surface area contributed by atoms with Crippen LogP contribution in [0.1, 0.15) is 21.6 Å². The predicted octanol–water partition coefficient (Wildman–Crippen LogP) is 4.11. The number of benzene rings is 2. The number of nitrogens with one attached hydrogen (secondary N) is 2. The van der Waals surface area contributed by atoms with Gasteiger partial charge in [-0.15, -0.1) is 0 Å². The molecule has 3 aromatic rings. The summed E-state index contributed by atoms with van der Waals surface area (Å²) in [6.07, 6.45) is -2.73. The SMILES string of the molecule is O=C(CN1CCN(Cc2ccccn2)CC1)Nc1cccc(C(=O)Nc2cccc(C(F)(F)F)c2)c1. The molecular weight excluding hydrogens is 471 g/mol.